The Morgan fingerprint density at radius 2 is 1.52 bits per heavy atom. The molecule has 2 amide bonds. The average molecular weight is 423 g/mol. The number of amides is 2. The van der Waals surface area contributed by atoms with E-state index in [9.17, 15) is 9.59 Å². The fraction of sp³-hybridized carbons (Fsp3) is 0.400. The molecule has 1 aromatic heterocycles. The summed E-state index contributed by atoms with van der Waals surface area (Å²) in [6.07, 6.45) is 1.62. The number of H-pyrrole nitrogens is 1. The SMILES string of the molecule is CC(C)(C)NC(=O)c1ccc2nc[nH]c2c1.Cc1ccc(C(=O)NCC(C)(C)C)cc1. The zero-order valence-electron chi connectivity index (χ0n) is 19.6. The maximum absolute atomic E-state index is 11.9. The first kappa shape index (κ1) is 24.1. The van der Waals surface area contributed by atoms with E-state index in [1.165, 1.54) is 5.56 Å². The van der Waals surface area contributed by atoms with Crippen LogP contribution in [0.2, 0.25) is 0 Å². The van der Waals surface area contributed by atoms with Crippen LogP contribution in [0.1, 0.15) is 67.8 Å². The van der Waals surface area contributed by atoms with Crippen molar-refractivity contribution >= 4 is 22.8 Å². The summed E-state index contributed by atoms with van der Waals surface area (Å²) in [5, 5.41) is 5.84. The van der Waals surface area contributed by atoms with Crippen LogP contribution in [0.5, 0.6) is 0 Å². The van der Waals surface area contributed by atoms with Crippen LogP contribution in [0.15, 0.2) is 48.8 Å². The summed E-state index contributed by atoms with van der Waals surface area (Å²) in [5.41, 5.74) is 4.19. The zero-order chi connectivity index (χ0) is 23.2. The first-order chi connectivity index (χ1) is 14.3. The van der Waals surface area contributed by atoms with E-state index in [1.807, 2.05) is 64.1 Å². The highest BCUT2D eigenvalue weighted by molar-refractivity contribution is 5.97. The lowest BCUT2D eigenvalue weighted by atomic mass is 9.97. The monoisotopic (exact) mass is 422 g/mol. The summed E-state index contributed by atoms with van der Waals surface area (Å²) in [7, 11) is 0. The lowest BCUT2D eigenvalue weighted by Crippen LogP contribution is -2.40. The minimum Gasteiger partial charge on any atom is -0.352 e. The van der Waals surface area contributed by atoms with Gasteiger partial charge in [-0.25, -0.2) is 4.98 Å². The smallest absolute Gasteiger partial charge is 0.251 e. The third kappa shape index (κ3) is 8.24. The Bertz CT molecular complexity index is 1020. The number of fused-ring (bicyclic) bond motifs is 1. The summed E-state index contributed by atoms with van der Waals surface area (Å²) < 4.78 is 0. The molecule has 3 N–H and O–H groups in total. The predicted octanol–water partition coefficient (Wildman–Crippen LogP) is 4.86. The number of nitrogens with one attached hydrogen (secondary N) is 3. The fourth-order valence-corrected chi connectivity index (χ4v) is 2.64. The highest BCUT2D eigenvalue weighted by atomic mass is 16.2. The lowest BCUT2D eigenvalue weighted by Gasteiger charge is -2.20. The molecule has 0 bridgehead atoms. The zero-order valence-corrected chi connectivity index (χ0v) is 19.6. The molecule has 2 aromatic carbocycles. The lowest BCUT2D eigenvalue weighted by molar-refractivity contribution is 0.0916. The maximum Gasteiger partial charge on any atom is 0.251 e. The molecule has 0 aliphatic heterocycles. The van der Waals surface area contributed by atoms with E-state index in [4.69, 9.17) is 0 Å². The number of nitrogens with zero attached hydrogens (tertiary/aromatic N) is 1. The van der Waals surface area contributed by atoms with Crippen molar-refractivity contribution in [2.24, 2.45) is 5.41 Å². The van der Waals surface area contributed by atoms with Gasteiger partial charge in [-0.3, -0.25) is 9.59 Å². The summed E-state index contributed by atoms with van der Waals surface area (Å²) >= 11 is 0. The maximum atomic E-state index is 11.9. The number of aromatic nitrogens is 2. The molecule has 3 rings (SSSR count). The molecule has 0 unspecified atom stereocenters. The Morgan fingerprint density at radius 1 is 0.903 bits per heavy atom. The second-order valence-corrected chi connectivity index (χ2v) is 9.95. The van der Waals surface area contributed by atoms with Crippen molar-refractivity contribution in [3.63, 3.8) is 0 Å². The first-order valence-electron chi connectivity index (χ1n) is 10.4. The first-order valence-corrected chi connectivity index (χ1v) is 10.4. The Labute approximate surface area is 184 Å². The normalized spacial score (nSPS) is 11.5. The molecule has 0 aliphatic carbocycles. The Hall–Kier alpha value is -3.15. The van der Waals surface area contributed by atoms with Crippen LogP contribution in [-0.2, 0) is 0 Å². The minimum atomic E-state index is -0.222. The van der Waals surface area contributed by atoms with Gasteiger partial charge in [0.05, 0.1) is 17.4 Å². The molecule has 1 heterocycles. The Balaban J connectivity index is 0.000000221. The van der Waals surface area contributed by atoms with Gasteiger partial charge in [0.2, 0.25) is 0 Å². The molecule has 3 aromatic rings. The molecule has 6 heteroatoms. The minimum absolute atomic E-state index is 0.00456. The van der Waals surface area contributed by atoms with Gasteiger partial charge in [-0.1, -0.05) is 38.5 Å². The van der Waals surface area contributed by atoms with Gasteiger partial charge in [-0.15, -0.1) is 0 Å². The predicted molar refractivity (Wildman–Crippen MR) is 126 cm³/mol. The topological polar surface area (TPSA) is 86.9 Å². The molecular weight excluding hydrogens is 388 g/mol. The highest BCUT2D eigenvalue weighted by Crippen LogP contribution is 2.13. The van der Waals surface area contributed by atoms with Gasteiger partial charge in [0, 0.05) is 23.2 Å². The summed E-state index contributed by atoms with van der Waals surface area (Å²) in [6.45, 7) is 14.9. The molecule has 166 valence electrons. The van der Waals surface area contributed by atoms with Crippen molar-refractivity contribution in [1.29, 1.82) is 0 Å². The number of rotatable bonds is 3. The number of imidazole rings is 1. The van der Waals surface area contributed by atoms with E-state index in [0.717, 1.165) is 16.6 Å². The molecule has 31 heavy (non-hydrogen) atoms. The molecular formula is C25H34N4O2. The number of benzene rings is 2. The molecule has 0 atom stereocenters. The van der Waals surface area contributed by atoms with Gasteiger partial charge in [0.1, 0.15) is 0 Å². The van der Waals surface area contributed by atoms with E-state index in [0.29, 0.717) is 12.1 Å². The van der Waals surface area contributed by atoms with Crippen LogP contribution in [0.3, 0.4) is 0 Å². The highest BCUT2D eigenvalue weighted by Gasteiger charge is 2.15. The van der Waals surface area contributed by atoms with E-state index in [-0.39, 0.29) is 22.8 Å². The number of hydrogen-bond acceptors (Lipinski definition) is 3. The van der Waals surface area contributed by atoms with Crippen LogP contribution >= 0.6 is 0 Å². The van der Waals surface area contributed by atoms with Crippen molar-refractivity contribution in [2.75, 3.05) is 6.54 Å². The number of aromatic amines is 1. The summed E-state index contributed by atoms with van der Waals surface area (Å²) in [4.78, 5) is 30.7. The standard InChI is InChI=1S/C13H19NO.C12H15N3O/c1-10-5-7-11(8-6-10)12(15)14-9-13(2,3)4;1-12(2,3)15-11(16)8-4-5-9-10(6-8)14-7-13-9/h5-8H,9H2,1-4H3,(H,14,15);4-7H,1-3H3,(H,13,14)(H,15,16). The van der Waals surface area contributed by atoms with Crippen LogP contribution in [0.25, 0.3) is 11.0 Å². The van der Waals surface area contributed by atoms with E-state index in [1.54, 1.807) is 12.4 Å². The second kappa shape index (κ2) is 9.77. The van der Waals surface area contributed by atoms with Gasteiger partial charge >= 0.3 is 0 Å². The molecule has 0 saturated carbocycles. The van der Waals surface area contributed by atoms with E-state index < -0.39 is 0 Å². The van der Waals surface area contributed by atoms with Crippen LogP contribution in [0.4, 0.5) is 0 Å². The van der Waals surface area contributed by atoms with E-state index >= 15 is 0 Å². The number of aryl methyl sites for hydroxylation is 1. The van der Waals surface area contributed by atoms with Crippen molar-refractivity contribution in [3.8, 4) is 0 Å². The largest absolute Gasteiger partial charge is 0.352 e. The molecule has 6 nitrogen and oxygen atoms in total. The van der Waals surface area contributed by atoms with Crippen molar-refractivity contribution in [1.82, 2.24) is 20.6 Å². The van der Waals surface area contributed by atoms with Crippen molar-refractivity contribution < 1.29 is 9.59 Å². The number of carbonyl (C=O) groups is 2. The van der Waals surface area contributed by atoms with Crippen molar-refractivity contribution in [2.45, 2.75) is 54.0 Å². The van der Waals surface area contributed by atoms with Crippen LogP contribution in [0, 0.1) is 12.3 Å². The summed E-state index contributed by atoms with van der Waals surface area (Å²) in [6, 6.07) is 13.0. The van der Waals surface area contributed by atoms with Gasteiger partial charge in [-0.2, -0.15) is 0 Å². The molecule has 0 fully saturated rings. The Kier molecular flexibility index (Phi) is 7.60. The average Bonchev–Trinajstić information content (AvgIpc) is 3.13. The number of hydrogen-bond donors (Lipinski definition) is 3. The van der Waals surface area contributed by atoms with E-state index in [2.05, 4.69) is 41.4 Å². The molecule has 0 spiro atoms. The van der Waals surface area contributed by atoms with Gasteiger partial charge in [0.15, 0.2) is 0 Å². The quantitative estimate of drug-likeness (QED) is 0.563. The van der Waals surface area contributed by atoms with Gasteiger partial charge in [0.25, 0.3) is 11.8 Å². The second-order valence-electron chi connectivity index (χ2n) is 9.95. The molecule has 0 radical (unpaired) electrons. The third-order valence-corrected chi connectivity index (χ3v) is 4.26. The molecule has 0 aliphatic rings. The number of carbonyl (C=O) groups excluding carboxylic acids is 2. The molecule has 0 saturated heterocycles. The van der Waals surface area contributed by atoms with Crippen LogP contribution < -0.4 is 10.6 Å². The van der Waals surface area contributed by atoms with Crippen molar-refractivity contribution in [3.05, 3.63) is 65.5 Å². The van der Waals surface area contributed by atoms with Gasteiger partial charge < -0.3 is 15.6 Å². The van der Waals surface area contributed by atoms with Gasteiger partial charge in [-0.05, 0) is 63.4 Å². The summed E-state index contributed by atoms with van der Waals surface area (Å²) in [5.74, 6) is -0.0612. The van der Waals surface area contributed by atoms with Crippen LogP contribution in [-0.4, -0.2) is 33.9 Å². The Morgan fingerprint density at radius 3 is 2.10 bits per heavy atom. The third-order valence-electron chi connectivity index (χ3n) is 4.26. The fourth-order valence-electron chi connectivity index (χ4n) is 2.64.